The summed E-state index contributed by atoms with van der Waals surface area (Å²) in [7, 11) is 0. The summed E-state index contributed by atoms with van der Waals surface area (Å²) in [5, 5.41) is 2.94. The zero-order chi connectivity index (χ0) is 14.1. The van der Waals surface area contributed by atoms with Gasteiger partial charge in [0.1, 0.15) is 5.75 Å². The molecule has 4 nitrogen and oxygen atoms in total. The van der Waals surface area contributed by atoms with E-state index in [-0.39, 0.29) is 23.8 Å². The Morgan fingerprint density at radius 2 is 2.25 bits per heavy atom. The lowest BCUT2D eigenvalue weighted by Gasteiger charge is -2.26. The summed E-state index contributed by atoms with van der Waals surface area (Å²) < 4.78 is 33.8. The molecule has 1 heterocycles. The quantitative estimate of drug-likeness (QED) is 0.862. The van der Waals surface area contributed by atoms with Crippen LogP contribution in [0.1, 0.15) is 30.0 Å². The molecular formula is C14H15F2NO3. The highest BCUT2D eigenvalue weighted by molar-refractivity contribution is 5.83. The number of alkyl halides is 2. The van der Waals surface area contributed by atoms with E-state index in [4.69, 9.17) is 4.74 Å². The van der Waals surface area contributed by atoms with Crippen LogP contribution in [0.25, 0.3) is 0 Å². The first-order valence-corrected chi connectivity index (χ1v) is 6.63. The molecule has 0 spiro atoms. The lowest BCUT2D eigenvalue weighted by molar-refractivity contribution is -0.123. The van der Waals surface area contributed by atoms with Gasteiger partial charge in [-0.3, -0.25) is 4.79 Å². The Morgan fingerprint density at radius 3 is 2.95 bits per heavy atom. The zero-order valence-electron chi connectivity index (χ0n) is 10.8. The second-order valence-electron chi connectivity index (χ2n) is 5.01. The van der Waals surface area contributed by atoms with Crippen LogP contribution in [0.5, 0.6) is 5.75 Å². The highest BCUT2D eigenvalue weighted by Gasteiger charge is 2.33. The number of rotatable bonds is 4. The van der Waals surface area contributed by atoms with Crippen LogP contribution in [-0.2, 0) is 16.0 Å². The van der Waals surface area contributed by atoms with Gasteiger partial charge in [-0.2, -0.15) is 8.78 Å². The number of nitrogens with one attached hydrogen (secondary N) is 1. The molecule has 2 aliphatic rings. The smallest absolute Gasteiger partial charge is 0.387 e. The third kappa shape index (κ3) is 2.90. The van der Waals surface area contributed by atoms with Gasteiger partial charge in [0.25, 0.3) is 5.91 Å². The molecule has 1 fully saturated rings. The van der Waals surface area contributed by atoms with Crippen molar-refractivity contribution in [3.8, 4) is 5.75 Å². The number of hydrogen-bond acceptors (Lipinski definition) is 3. The van der Waals surface area contributed by atoms with Crippen molar-refractivity contribution in [3.05, 3.63) is 29.3 Å². The third-order valence-electron chi connectivity index (χ3n) is 3.60. The summed E-state index contributed by atoms with van der Waals surface area (Å²) >= 11 is 0. The fourth-order valence-electron chi connectivity index (χ4n) is 2.58. The number of amides is 1. The molecule has 1 aromatic carbocycles. The van der Waals surface area contributed by atoms with E-state index in [0.717, 1.165) is 30.4 Å². The van der Waals surface area contributed by atoms with Crippen molar-refractivity contribution >= 4 is 5.91 Å². The van der Waals surface area contributed by atoms with Crippen molar-refractivity contribution in [2.24, 2.45) is 0 Å². The molecule has 108 valence electrons. The van der Waals surface area contributed by atoms with E-state index < -0.39 is 6.61 Å². The minimum Gasteiger partial charge on any atom is -0.435 e. The van der Waals surface area contributed by atoms with Crippen molar-refractivity contribution < 1.29 is 23.0 Å². The van der Waals surface area contributed by atoms with Crippen LogP contribution in [0, 0.1) is 0 Å². The number of carbonyl (C=O) groups is 1. The third-order valence-corrected chi connectivity index (χ3v) is 3.60. The number of epoxide rings is 1. The van der Waals surface area contributed by atoms with Gasteiger partial charge < -0.3 is 14.8 Å². The Hall–Kier alpha value is -1.69. The van der Waals surface area contributed by atoms with Crippen LogP contribution in [0.3, 0.4) is 0 Å². The van der Waals surface area contributed by atoms with Gasteiger partial charge in [0.2, 0.25) is 0 Å². The van der Waals surface area contributed by atoms with E-state index in [1.165, 1.54) is 6.07 Å². The maximum absolute atomic E-state index is 12.2. The molecule has 0 radical (unpaired) electrons. The van der Waals surface area contributed by atoms with E-state index in [0.29, 0.717) is 6.61 Å². The fourth-order valence-corrected chi connectivity index (χ4v) is 2.58. The lowest BCUT2D eigenvalue weighted by Crippen LogP contribution is -2.33. The van der Waals surface area contributed by atoms with Crippen LogP contribution in [0.15, 0.2) is 18.2 Å². The minimum atomic E-state index is -2.82. The molecule has 1 saturated heterocycles. The first kappa shape index (κ1) is 13.3. The molecule has 3 rings (SSSR count). The van der Waals surface area contributed by atoms with Gasteiger partial charge in [-0.05, 0) is 42.5 Å². The van der Waals surface area contributed by atoms with Gasteiger partial charge in [-0.25, -0.2) is 0 Å². The second-order valence-corrected chi connectivity index (χ2v) is 5.01. The summed E-state index contributed by atoms with van der Waals surface area (Å²) in [4.78, 5) is 11.7. The predicted molar refractivity (Wildman–Crippen MR) is 66.6 cm³/mol. The van der Waals surface area contributed by atoms with Crippen molar-refractivity contribution in [1.82, 2.24) is 5.32 Å². The Bertz CT molecular complexity index is 517. The Kier molecular flexibility index (Phi) is 3.56. The van der Waals surface area contributed by atoms with Gasteiger partial charge in [0.15, 0.2) is 6.10 Å². The van der Waals surface area contributed by atoms with Gasteiger partial charge in [0.05, 0.1) is 12.6 Å². The Balaban J connectivity index is 1.76. The molecule has 0 aromatic heterocycles. The molecule has 0 bridgehead atoms. The molecule has 6 heteroatoms. The van der Waals surface area contributed by atoms with E-state index in [2.05, 4.69) is 10.1 Å². The average molecular weight is 283 g/mol. The highest BCUT2D eigenvalue weighted by Crippen LogP contribution is 2.33. The lowest BCUT2D eigenvalue weighted by atomic mass is 9.87. The molecule has 1 N–H and O–H groups in total. The van der Waals surface area contributed by atoms with Crippen molar-refractivity contribution in [3.63, 3.8) is 0 Å². The largest absolute Gasteiger partial charge is 0.435 e. The summed E-state index contributed by atoms with van der Waals surface area (Å²) in [5.74, 6) is 0.0620. The van der Waals surface area contributed by atoms with Crippen LogP contribution < -0.4 is 10.1 Å². The molecule has 2 atom stereocenters. The van der Waals surface area contributed by atoms with Crippen LogP contribution in [-0.4, -0.2) is 25.2 Å². The fraction of sp³-hybridized carbons (Fsp3) is 0.500. The predicted octanol–water partition coefficient (Wildman–Crippen LogP) is 2.18. The molecule has 1 aliphatic heterocycles. The summed E-state index contributed by atoms with van der Waals surface area (Å²) in [6, 6.07) is 4.83. The molecule has 1 aliphatic carbocycles. The molecule has 2 unspecified atom stereocenters. The standard InChI is InChI=1S/C14H15F2NO3/c15-14(16)20-9-4-5-10-8(6-9)2-1-3-11(10)17-13(18)12-7-19-12/h4-6,11-12,14H,1-3,7H2,(H,17,18). The van der Waals surface area contributed by atoms with Gasteiger partial charge in [-0.1, -0.05) is 6.07 Å². The van der Waals surface area contributed by atoms with Crippen molar-refractivity contribution in [1.29, 1.82) is 0 Å². The Labute approximate surface area is 115 Å². The summed E-state index contributed by atoms with van der Waals surface area (Å²) in [5.41, 5.74) is 1.93. The minimum absolute atomic E-state index is 0.0731. The first-order valence-electron chi connectivity index (χ1n) is 6.63. The van der Waals surface area contributed by atoms with Gasteiger partial charge in [-0.15, -0.1) is 0 Å². The van der Waals surface area contributed by atoms with Gasteiger partial charge in [0, 0.05) is 0 Å². The summed E-state index contributed by atoms with van der Waals surface area (Å²) in [6.07, 6.45) is 2.24. The number of hydrogen-bond donors (Lipinski definition) is 1. The second kappa shape index (κ2) is 5.36. The SMILES string of the molecule is O=C(NC1CCCc2cc(OC(F)F)ccc21)C1CO1. The van der Waals surface area contributed by atoms with Gasteiger partial charge >= 0.3 is 6.61 Å². The molecule has 1 amide bonds. The van der Waals surface area contributed by atoms with E-state index >= 15 is 0 Å². The Morgan fingerprint density at radius 1 is 1.45 bits per heavy atom. The number of aryl methyl sites for hydroxylation is 1. The van der Waals surface area contributed by atoms with E-state index in [9.17, 15) is 13.6 Å². The van der Waals surface area contributed by atoms with E-state index in [1.54, 1.807) is 12.1 Å². The highest BCUT2D eigenvalue weighted by atomic mass is 19.3. The maximum atomic E-state index is 12.2. The molecule has 1 aromatic rings. The van der Waals surface area contributed by atoms with Crippen LogP contribution in [0.4, 0.5) is 8.78 Å². The first-order chi connectivity index (χ1) is 9.63. The van der Waals surface area contributed by atoms with Crippen molar-refractivity contribution in [2.45, 2.75) is 38.0 Å². The molecule has 20 heavy (non-hydrogen) atoms. The number of halogens is 2. The number of ether oxygens (including phenoxy) is 2. The molecular weight excluding hydrogens is 268 g/mol. The topological polar surface area (TPSA) is 50.9 Å². The van der Waals surface area contributed by atoms with Crippen LogP contribution >= 0.6 is 0 Å². The molecule has 0 saturated carbocycles. The average Bonchev–Trinajstić information content (AvgIpc) is 3.22. The number of benzene rings is 1. The normalized spacial score (nSPS) is 24.1. The summed E-state index contributed by atoms with van der Waals surface area (Å²) in [6.45, 7) is -2.34. The van der Waals surface area contributed by atoms with E-state index in [1.807, 2.05) is 0 Å². The number of fused-ring (bicyclic) bond motifs is 1. The zero-order valence-corrected chi connectivity index (χ0v) is 10.8. The van der Waals surface area contributed by atoms with Crippen LogP contribution in [0.2, 0.25) is 0 Å². The monoisotopic (exact) mass is 283 g/mol. The number of carbonyl (C=O) groups excluding carboxylic acids is 1. The van der Waals surface area contributed by atoms with Crippen molar-refractivity contribution in [2.75, 3.05) is 6.61 Å². The maximum Gasteiger partial charge on any atom is 0.387 e.